The Kier molecular flexibility index (Phi) is 3.46. The van der Waals surface area contributed by atoms with E-state index in [0.717, 1.165) is 23.2 Å². The van der Waals surface area contributed by atoms with Gasteiger partial charge in [0.2, 0.25) is 0 Å². The summed E-state index contributed by atoms with van der Waals surface area (Å²) in [4.78, 5) is 13.7. The molecule has 1 aromatic carbocycles. The van der Waals surface area contributed by atoms with Gasteiger partial charge in [0.25, 0.3) is 0 Å². The average molecular weight is 262 g/mol. The summed E-state index contributed by atoms with van der Waals surface area (Å²) in [5.74, 6) is 0. The molecule has 2 rings (SSSR count). The van der Waals surface area contributed by atoms with Gasteiger partial charge in [0.05, 0.1) is 11.9 Å². The monoisotopic (exact) mass is 262 g/mol. The van der Waals surface area contributed by atoms with Crippen LogP contribution in [-0.2, 0) is 11.2 Å². The molecule has 0 unspecified atom stereocenters. The summed E-state index contributed by atoms with van der Waals surface area (Å²) >= 11 is 0. The molecule has 0 spiro atoms. The number of hydrogen-bond donors (Lipinski definition) is 1. The van der Waals surface area contributed by atoms with E-state index in [1.165, 1.54) is 6.21 Å². The van der Waals surface area contributed by atoms with Crippen LogP contribution in [0.25, 0.3) is 0 Å². The first-order valence-corrected chi connectivity index (χ1v) is 6.21. The lowest BCUT2D eigenvalue weighted by Crippen LogP contribution is -2.35. The zero-order chi connectivity index (χ0) is 14.0. The Labute approximate surface area is 112 Å². The van der Waals surface area contributed by atoms with E-state index in [1.54, 1.807) is 11.0 Å². The smallest absolute Gasteiger partial charge is 0.414 e. The zero-order valence-corrected chi connectivity index (χ0v) is 11.4. The summed E-state index contributed by atoms with van der Waals surface area (Å²) in [5, 5.41) is 11.5. The molecule has 1 N–H and O–H groups in total. The summed E-state index contributed by atoms with van der Waals surface area (Å²) in [7, 11) is 0. The minimum Gasteiger partial charge on any atom is -0.443 e. The van der Waals surface area contributed by atoms with E-state index in [2.05, 4.69) is 5.16 Å². The molecule has 5 heteroatoms. The van der Waals surface area contributed by atoms with Crippen LogP contribution in [0.1, 0.15) is 31.9 Å². The molecule has 0 radical (unpaired) electrons. The van der Waals surface area contributed by atoms with Gasteiger partial charge in [-0.05, 0) is 50.5 Å². The van der Waals surface area contributed by atoms with Gasteiger partial charge < -0.3 is 9.94 Å². The fourth-order valence-corrected chi connectivity index (χ4v) is 2.08. The van der Waals surface area contributed by atoms with Gasteiger partial charge in [0, 0.05) is 6.54 Å². The zero-order valence-electron chi connectivity index (χ0n) is 11.4. The number of ether oxygens (including phenoxy) is 1. The van der Waals surface area contributed by atoms with E-state index in [0.29, 0.717) is 6.54 Å². The predicted octanol–water partition coefficient (Wildman–Crippen LogP) is 2.79. The van der Waals surface area contributed by atoms with Crippen molar-refractivity contribution in [3.05, 3.63) is 29.3 Å². The van der Waals surface area contributed by atoms with E-state index >= 15 is 0 Å². The Balaban J connectivity index is 2.20. The summed E-state index contributed by atoms with van der Waals surface area (Å²) in [5.41, 5.74) is 2.24. The second-order valence-electron chi connectivity index (χ2n) is 5.51. The van der Waals surface area contributed by atoms with Gasteiger partial charge in [0.15, 0.2) is 0 Å². The summed E-state index contributed by atoms with van der Waals surface area (Å²) < 4.78 is 5.38. The molecule has 0 bridgehead atoms. The van der Waals surface area contributed by atoms with E-state index in [1.807, 2.05) is 32.9 Å². The van der Waals surface area contributed by atoms with Gasteiger partial charge in [-0.2, -0.15) is 0 Å². The maximum atomic E-state index is 12.1. The second-order valence-corrected chi connectivity index (χ2v) is 5.51. The number of fused-ring (bicyclic) bond motifs is 1. The van der Waals surface area contributed by atoms with Crippen LogP contribution in [0, 0.1) is 0 Å². The number of carbonyl (C=O) groups is 1. The number of oxime groups is 1. The first kappa shape index (κ1) is 13.4. The molecule has 5 nitrogen and oxygen atoms in total. The topological polar surface area (TPSA) is 62.1 Å². The molecule has 1 heterocycles. The van der Waals surface area contributed by atoms with Crippen LogP contribution in [-0.4, -0.2) is 29.7 Å². The van der Waals surface area contributed by atoms with Crippen molar-refractivity contribution in [1.29, 1.82) is 0 Å². The molecule has 0 aromatic heterocycles. The predicted molar refractivity (Wildman–Crippen MR) is 73.1 cm³/mol. The normalized spacial score (nSPS) is 14.8. The van der Waals surface area contributed by atoms with Gasteiger partial charge >= 0.3 is 6.09 Å². The summed E-state index contributed by atoms with van der Waals surface area (Å²) in [6.45, 7) is 6.16. The van der Waals surface area contributed by atoms with Crippen LogP contribution in [0.2, 0.25) is 0 Å². The number of rotatable bonds is 1. The number of anilines is 1. The Bertz CT molecular complexity index is 518. The molecular formula is C14H18N2O3. The number of nitrogens with zero attached hydrogens (tertiary/aromatic N) is 2. The van der Waals surface area contributed by atoms with Crippen LogP contribution in [0.4, 0.5) is 10.5 Å². The van der Waals surface area contributed by atoms with Crippen molar-refractivity contribution in [1.82, 2.24) is 0 Å². The lowest BCUT2D eigenvalue weighted by atomic mass is 10.1. The molecule has 0 atom stereocenters. The molecule has 0 saturated carbocycles. The van der Waals surface area contributed by atoms with Gasteiger partial charge in [-0.1, -0.05) is 11.2 Å². The van der Waals surface area contributed by atoms with Gasteiger partial charge in [-0.25, -0.2) is 4.79 Å². The van der Waals surface area contributed by atoms with Crippen molar-refractivity contribution < 1.29 is 14.7 Å². The Hall–Kier alpha value is -2.04. The minimum atomic E-state index is -0.497. The minimum absolute atomic E-state index is 0.324. The van der Waals surface area contributed by atoms with Crippen molar-refractivity contribution in [3.63, 3.8) is 0 Å². The van der Waals surface area contributed by atoms with E-state index in [-0.39, 0.29) is 6.09 Å². The highest BCUT2D eigenvalue weighted by Gasteiger charge is 2.28. The first-order valence-electron chi connectivity index (χ1n) is 6.21. The molecular weight excluding hydrogens is 244 g/mol. The lowest BCUT2D eigenvalue weighted by Gasteiger charge is -2.24. The maximum Gasteiger partial charge on any atom is 0.414 e. The Morgan fingerprint density at radius 3 is 2.84 bits per heavy atom. The molecule has 0 aliphatic carbocycles. The van der Waals surface area contributed by atoms with Crippen LogP contribution in [0.3, 0.4) is 0 Å². The standard InChI is InChI=1S/C14H18N2O3/c1-14(2,3)19-13(17)16-7-6-11-8-10(9-15-18)4-5-12(11)16/h4-5,8-9,18H,6-7H2,1-3H3. The fraction of sp³-hybridized carbons (Fsp3) is 0.429. The number of amides is 1. The summed E-state index contributed by atoms with van der Waals surface area (Å²) in [6, 6.07) is 5.57. The summed E-state index contributed by atoms with van der Waals surface area (Å²) in [6.07, 6.45) is 1.83. The van der Waals surface area contributed by atoms with Crippen LogP contribution >= 0.6 is 0 Å². The second kappa shape index (κ2) is 4.91. The molecule has 102 valence electrons. The first-order chi connectivity index (χ1) is 8.90. The van der Waals surface area contributed by atoms with Crippen LogP contribution < -0.4 is 4.90 Å². The Morgan fingerprint density at radius 2 is 2.21 bits per heavy atom. The van der Waals surface area contributed by atoms with E-state index in [4.69, 9.17) is 9.94 Å². The number of carbonyl (C=O) groups excluding carboxylic acids is 1. The van der Waals surface area contributed by atoms with Gasteiger partial charge in [-0.15, -0.1) is 0 Å². The van der Waals surface area contributed by atoms with Crippen LogP contribution in [0.15, 0.2) is 23.4 Å². The molecule has 1 aromatic rings. The van der Waals surface area contributed by atoms with Gasteiger partial charge in [0.1, 0.15) is 5.60 Å². The van der Waals surface area contributed by atoms with Crippen molar-refractivity contribution in [2.75, 3.05) is 11.4 Å². The SMILES string of the molecule is CC(C)(C)OC(=O)N1CCc2cc(C=NO)ccc21. The third kappa shape index (κ3) is 3.05. The molecule has 1 amide bonds. The number of hydrogen-bond acceptors (Lipinski definition) is 4. The van der Waals surface area contributed by atoms with Crippen molar-refractivity contribution in [2.45, 2.75) is 32.8 Å². The molecule has 0 saturated heterocycles. The number of benzene rings is 1. The average Bonchev–Trinajstić information content (AvgIpc) is 2.70. The third-order valence-electron chi connectivity index (χ3n) is 2.82. The fourth-order valence-electron chi connectivity index (χ4n) is 2.08. The van der Waals surface area contributed by atoms with Crippen LogP contribution in [0.5, 0.6) is 0 Å². The van der Waals surface area contributed by atoms with E-state index in [9.17, 15) is 4.79 Å². The lowest BCUT2D eigenvalue weighted by molar-refractivity contribution is 0.0584. The molecule has 1 aliphatic rings. The highest BCUT2D eigenvalue weighted by atomic mass is 16.6. The highest BCUT2D eigenvalue weighted by molar-refractivity contribution is 5.91. The quantitative estimate of drug-likeness (QED) is 0.481. The van der Waals surface area contributed by atoms with Crippen molar-refractivity contribution in [2.24, 2.45) is 5.16 Å². The Morgan fingerprint density at radius 1 is 1.47 bits per heavy atom. The van der Waals surface area contributed by atoms with Crippen molar-refractivity contribution in [3.8, 4) is 0 Å². The molecule has 0 fully saturated rings. The molecule has 1 aliphatic heterocycles. The van der Waals surface area contributed by atoms with Crippen molar-refractivity contribution >= 4 is 18.0 Å². The van der Waals surface area contributed by atoms with Gasteiger partial charge in [-0.3, -0.25) is 4.90 Å². The third-order valence-corrected chi connectivity index (χ3v) is 2.82. The largest absolute Gasteiger partial charge is 0.443 e. The van der Waals surface area contributed by atoms with E-state index < -0.39 is 5.60 Å². The maximum absolute atomic E-state index is 12.1. The highest BCUT2D eigenvalue weighted by Crippen LogP contribution is 2.29. The molecule has 19 heavy (non-hydrogen) atoms.